The monoisotopic (exact) mass is 733 g/mol. The van der Waals surface area contributed by atoms with Crippen molar-refractivity contribution in [2.24, 2.45) is 0 Å². The minimum atomic E-state index is -1.48. The third kappa shape index (κ3) is 7.65. The molecule has 2 saturated heterocycles. The number of β-lactam (4-membered cyclic amide) rings is 1. The number of carboxylic acid groups (broad SMARTS) is 1. The molecule has 0 radical (unpaired) electrons. The summed E-state index contributed by atoms with van der Waals surface area (Å²) < 4.78 is 10.5. The molecule has 260 valence electrons. The molecule has 49 heavy (non-hydrogen) atoms. The van der Waals surface area contributed by atoms with E-state index in [0.717, 1.165) is 9.91 Å². The maximum absolute atomic E-state index is 13.8. The molecule has 5 rings (SSSR count). The summed E-state index contributed by atoms with van der Waals surface area (Å²) in [5.74, 6) is -4.08. The van der Waals surface area contributed by atoms with E-state index < -0.39 is 59.2 Å². The minimum absolute atomic E-state index is 0.0794. The molecule has 20 heteroatoms. The number of nitrogens with zero attached hydrogens (tertiary/aromatic N) is 5. The highest BCUT2D eigenvalue weighted by Crippen LogP contribution is 2.42. The number of hydrogen-bond donors (Lipinski definition) is 3. The molecular formula is C29H31N7O10S3. The van der Waals surface area contributed by atoms with E-state index >= 15 is 0 Å². The molecule has 3 aliphatic rings. The van der Waals surface area contributed by atoms with Gasteiger partial charge in [-0.15, -0.1) is 22.0 Å². The second-order valence-electron chi connectivity index (χ2n) is 10.6. The van der Waals surface area contributed by atoms with Crippen molar-refractivity contribution in [2.75, 3.05) is 37.7 Å². The summed E-state index contributed by atoms with van der Waals surface area (Å²) in [6.45, 7) is 5.47. The number of carbonyl (C=O) groups excluding carboxylic acids is 6. The van der Waals surface area contributed by atoms with Crippen LogP contribution in [0.25, 0.3) is 0 Å². The van der Waals surface area contributed by atoms with Crippen LogP contribution in [0.1, 0.15) is 30.5 Å². The number of urea groups is 1. The zero-order valence-electron chi connectivity index (χ0n) is 26.4. The predicted octanol–water partition coefficient (Wildman–Crippen LogP) is 1.35. The van der Waals surface area contributed by atoms with Gasteiger partial charge in [0, 0.05) is 31.1 Å². The summed E-state index contributed by atoms with van der Waals surface area (Å²) in [5, 5.41) is 23.1. The number of carbonyl (C=O) groups is 7. The Morgan fingerprint density at radius 2 is 1.82 bits per heavy atom. The number of aliphatic carboxylic acids is 1. The van der Waals surface area contributed by atoms with Crippen LogP contribution in [0, 0.1) is 6.92 Å². The summed E-state index contributed by atoms with van der Waals surface area (Å²) in [6, 6.07) is 1.86. The van der Waals surface area contributed by atoms with Gasteiger partial charge in [-0.1, -0.05) is 35.2 Å². The average molecular weight is 734 g/mol. The molecule has 6 amide bonds. The van der Waals surface area contributed by atoms with Gasteiger partial charge in [-0.25, -0.2) is 14.4 Å². The number of aryl methyl sites for hydroxylation is 1. The van der Waals surface area contributed by atoms with Crippen LogP contribution in [0.15, 0.2) is 39.9 Å². The van der Waals surface area contributed by atoms with Gasteiger partial charge in [0.15, 0.2) is 4.34 Å². The van der Waals surface area contributed by atoms with Crippen molar-refractivity contribution in [1.29, 1.82) is 0 Å². The highest BCUT2D eigenvalue weighted by atomic mass is 32.2. The molecule has 0 saturated carbocycles. The lowest BCUT2D eigenvalue weighted by Crippen LogP contribution is -2.71. The Kier molecular flexibility index (Phi) is 11.1. The lowest BCUT2D eigenvalue weighted by atomic mass is 10.0. The molecular weight excluding hydrogens is 703 g/mol. The van der Waals surface area contributed by atoms with Gasteiger partial charge < -0.3 is 30.1 Å². The molecule has 2 fully saturated rings. The van der Waals surface area contributed by atoms with Crippen molar-refractivity contribution < 1.29 is 48.1 Å². The topological polar surface area (TPSA) is 218 Å². The van der Waals surface area contributed by atoms with E-state index in [9.17, 15) is 38.7 Å². The van der Waals surface area contributed by atoms with Crippen LogP contribution >= 0.6 is 34.9 Å². The van der Waals surface area contributed by atoms with E-state index in [1.807, 2.05) is 0 Å². The first-order valence-electron chi connectivity index (χ1n) is 14.9. The first kappa shape index (κ1) is 35.6. The Labute approximate surface area is 291 Å². The number of aromatic nitrogens is 2. The third-order valence-corrected chi connectivity index (χ3v) is 11.0. The summed E-state index contributed by atoms with van der Waals surface area (Å²) in [7, 11) is 0. The Morgan fingerprint density at radius 3 is 2.45 bits per heavy atom. The fourth-order valence-electron chi connectivity index (χ4n) is 5.16. The van der Waals surface area contributed by atoms with Crippen LogP contribution in [0.4, 0.5) is 9.59 Å². The fourth-order valence-corrected chi connectivity index (χ4v) is 8.46. The van der Waals surface area contributed by atoms with Crippen molar-refractivity contribution >= 4 is 76.6 Å². The molecule has 1 unspecified atom stereocenters. The number of thioether (sulfide) groups is 2. The number of likely N-dealkylation sites (N-methyl/N-ethyl adjacent to an activating group) is 1. The predicted molar refractivity (Wildman–Crippen MR) is 174 cm³/mol. The minimum Gasteiger partial charge on any atom is -0.477 e. The molecule has 0 spiro atoms. The first-order chi connectivity index (χ1) is 23.4. The number of benzene rings is 1. The molecule has 3 atom stereocenters. The third-order valence-electron chi connectivity index (χ3n) is 7.57. The Hall–Kier alpha value is -4.69. The SMILES string of the molecule is CCOC(=O)Oc1ccc([C@@H](NC(=O)N2CCN(CC)C(=O)C2=O)C(=O)NC2C(=O)N3C(C(=O)O)=C(CSc4nnc(C)s4)CS[C@H]23)cc1. The van der Waals surface area contributed by atoms with Gasteiger partial charge >= 0.3 is 30.0 Å². The second kappa shape index (κ2) is 15.2. The Morgan fingerprint density at radius 1 is 1.08 bits per heavy atom. The van der Waals surface area contributed by atoms with E-state index in [1.165, 1.54) is 64.0 Å². The van der Waals surface area contributed by atoms with Crippen molar-refractivity contribution in [3.05, 3.63) is 46.1 Å². The highest BCUT2D eigenvalue weighted by Gasteiger charge is 2.54. The van der Waals surface area contributed by atoms with Crippen LogP contribution in [-0.2, 0) is 28.7 Å². The van der Waals surface area contributed by atoms with Gasteiger partial charge in [0.2, 0.25) is 5.91 Å². The van der Waals surface area contributed by atoms with Gasteiger partial charge in [0.1, 0.15) is 33.9 Å². The zero-order valence-corrected chi connectivity index (χ0v) is 28.8. The fraction of sp³-hybridized carbons (Fsp3) is 0.414. The van der Waals surface area contributed by atoms with Crippen molar-refractivity contribution in [3.8, 4) is 5.75 Å². The van der Waals surface area contributed by atoms with E-state index in [1.54, 1.807) is 20.8 Å². The number of amides is 6. The normalized spacial score (nSPS) is 19.6. The van der Waals surface area contributed by atoms with Crippen molar-refractivity contribution in [2.45, 2.75) is 42.6 Å². The molecule has 0 bridgehead atoms. The van der Waals surface area contributed by atoms with Gasteiger partial charge in [-0.2, -0.15) is 0 Å². The summed E-state index contributed by atoms with van der Waals surface area (Å²) in [4.78, 5) is 92.7. The maximum Gasteiger partial charge on any atom is 0.513 e. The number of imide groups is 1. The van der Waals surface area contributed by atoms with Gasteiger partial charge in [-0.05, 0) is 44.0 Å². The number of ether oxygens (including phenoxy) is 2. The summed E-state index contributed by atoms with van der Waals surface area (Å²) in [5.41, 5.74) is 0.539. The first-order valence-corrected chi connectivity index (χ1v) is 17.8. The van der Waals surface area contributed by atoms with Crippen LogP contribution in [0.5, 0.6) is 5.75 Å². The van der Waals surface area contributed by atoms with Gasteiger partial charge in [-0.3, -0.25) is 29.0 Å². The van der Waals surface area contributed by atoms with Gasteiger partial charge in [0.25, 0.3) is 5.91 Å². The second-order valence-corrected chi connectivity index (χ2v) is 14.1. The molecule has 3 aliphatic heterocycles. The van der Waals surface area contributed by atoms with E-state index in [-0.39, 0.29) is 54.8 Å². The zero-order chi connectivity index (χ0) is 35.4. The van der Waals surface area contributed by atoms with Crippen LogP contribution < -0.4 is 15.4 Å². The van der Waals surface area contributed by atoms with E-state index in [4.69, 9.17) is 9.47 Å². The molecule has 0 aliphatic carbocycles. The number of nitrogens with one attached hydrogen (secondary N) is 2. The highest BCUT2D eigenvalue weighted by molar-refractivity contribution is 8.01. The van der Waals surface area contributed by atoms with Crippen molar-refractivity contribution in [1.82, 2.24) is 35.5 Å². The number of piperazine rings is 1. The lowest BCUT2D eigenvalue weighted by molar-refractivity contribution is -0.153. The number of carboxylic acids is 1. The van der Waals surface area contributed by atoms with Crippen LogP contribution in [0.3, 0.4) is 0 Å². The molecule has 1 aromatic carbocycles. The number of hydrogen-bond acceptors (Lipinski definition) is 14. The molecule has 1 aromatic heterocycles. The molecule has 2 aromatic rings. The molecule has 17 nitrogen and oxygen atoms in total. The van der Waals surface area contributed by atoms with Crippen LogP contribution in [0.2, 0.25) is 0 Å². The molecule has 4 heterocycles. The lowest BCUT2D eigenvalue weighted by Gasteiger charge is -2.49. The maximum atomic E-state index is 13.8. The van der Waals surface area contributed by atoms with E-state index in [2.05, 4.69) is 20.8 Å². The summed E-state index contributed by atoms with van der Waals surface area (Å²) >= 11 is 3.95. The number of rotatable bonds is 11. The van der Waals surface area contributed by atoms with E-state index in [0.29, 0.717) is 14.8 Å². The standard InChI is InChI=1S/C29H31N7O10S3/c1-4-34-10-11-35(24(40)23(34)39)27(43)31-18(15-6-8-17(9-7-15)46-29(44)45-5-2)21(37)30-19-22(38)36-20(26(41)42)16(12-47-25(19)36)13-48-28-33-32-14(3)49-28/h6-9,18-19,25H,4-5,10-13H2,1-3H3,(H,30,37)(H,31,43)(H,41,42)/t18-,19?,25-/m1/s1. The Bertz CT molecular complexity index is 1720. The van der Waals surface area contributed by atoms with Gasteiger partial charge in [0.05, 0.1) is 6.61 Å². The largest absolute Gasteiger partial charge is 0.513 e. The van der Waals surface area contributed by atoms with Crippen LogP contribution in [-0.4, -0.2) is 121 Å². The van der Waals surface area contributed by atoms with Crippen molar-refractivity contribution in [3.63, 3.8) is 0 Å². The molecule has 3 N–H and O–H groups in total. The smallest absolute Gasteiger partial charge is 0.477 e. The Balaban J connectivity index is 1.33. The number of fused-ring (bicyclic) bond motifs is 1. The summed E-state index contributed by atoms with van der Waals surface area (Å²) in [6.07, 6.45) is -0.947. The quantitative estimate of drug-likeness (QED) is 0.0977. The average Bonchev–Trinajstić information content (AvgIpc) is 3.50.